The molecule has 1 aromatic heterocycles. The molecule has 0 aliphatic heterocycles. The maximum absolute atomic E-state index is 13.9. The Morgan fingerprint density at radius 2 is 1.87 bits per heavy atom. The van der Waals surface area contributed by atoms with Crippen LogP contribution in [-0.4, -0.2) is 28.1 Å². The molecule has 7 nitrogen and oxygen atoms in total. The number of nitrogens with zero attached hydrogens (tertiary/aromatic N) is 2. The highest BCUT2D eigenvalue weighted by molar-refractivity contribution is 6.03. The van der Waals surface area contributed by atoms with Crippen LogP contribution < -0.4 is 15.4 Å². The van der Waals surface area contributed by atoms with Gasteiger partial charge in [-0.3, -0.25) is 4.79 Å². The Morgan fingerprint density at radius 3 is 2.50 bits per heavy atom. The van der Waals surface area contributed by atoms with Gasteiger partial charge in [-0.05, 0) is 32.1 Å². The number of hydrogen-bond donors (Lipinski definition) is 3. The highest BCUT2D eigenvalue weighted by Gasteiger charge is 2.24. The van der Waals surface area contributed by atoms with Crippen LogP contribution in [0.1, 0.15) is 19.4 Å². The van der Waals surface area contributed by atoms with Gasteiger partial charge in [0.25, 0.3) is 0 Å². The third kappa shape index (κ3) is 4.20. The molecule has 1 amide bonds. The normalized spacial score (nSPS) is 11.3. The largest absolute Gasteiger partial charge is 0.494 e. The van der Waals surface area contributed by atoms with Gasteiger partial charge < -0.3 is 20.5 Å². The van der Waals surface area contributed by atoms with Gasteiger partial charge in [0, 0.05) is 28.8 Å². The number of carbonyl (C=O) groups excluding carboxylic acids is 1. The Morgan fingerprint density at radius 1 is 1.17 bits per heavy atom. The zero-order valence-electron chi connectivity index (χ0n) is 16.6. The standard InChI is InChI=1S/C21H20F2N4O3/c1-5-19(28)26-17-6-11-15(9-18(17)30-4)24-10-25-20(11)27-16-8-14(23)13(22)7-12(16)21(2,3)29/h5-10,29H,1H2,2-4H3,(H,26,28)(H,24,25,27). The number of carbonyl (C=O) groups is 1. The van der Waals surface area contributed by atoms with E-state index in [1.54, 1.807) is 12.1 Å². The lowest BCUT2D eigenvalue weighted by Crippen LogP contribution is -2.18. The molecule has 30 heavy (non-hydrogen) atoms. The van der Waals surface area contributed by atoms with Crippen molar-refractivity contribution >= 4 is 34.0 Å². The molecule has 3 rings (SSSR count). The summed E-state index contributed by atoms with van der Waals surface area (Å²) >= 11 is 0. The highest BCUT2D eigenvalue weighted by Crippen LogP contribution is 2.36. The molecule has 0 saturated carbocycles. The average molecular weight is 414 g/mol. The molecule has 0 atom stereocenters. The fourth-order valence-electron chi connectivity index (χ4n) is 2.92. The van der Waals surface area contributed by atoms with Crippen LogP contribution in [0.4, 0.5) is 26.0 Å². The van der Waals surface area contributed by atoms with Gasteiger partial charge in [0.05, 0.1) is 23.9 Å². The van der Waals surface area contributed by atoms with Gasteiger partial charge in [-0.15, -0.1) is 0 Å². The van der Waals surface area contributed by atoms with Crippen LogP contribution in [0.3, 0.4) is 0 Å². The van der Waals surface area contributed by atoms with Gasteiger partial charge in [0.15, 0.2) is 11.6 Å². The molecule has 2 aromatic carbocycles. The SMILES string of the molecule is C=CC(=O)Nc1cc2c(Nc3cc(F)c(F)cc3C(C)(C)O)ncnc2cc1OC. The first-order valence-electron chi connectivity index (χ1n) is 8.89. The summed E-state index contributed by atoms with van der Waals surface area (Å²) in [7, 11) is 1.45. The third-order valence-corrected chi connectivity index (χ3v) is 4.37. The van der Waals surface area contributed by atoms with Crippen molar-refractivity contribution in [1.29, 1.82) is 0 Å². The van der Waals surface area contributed by atoms with Crippen LogP contribution in [-0.2, 0) is 10.4 Å². The summed E-state index contributed by atoms with van der Waals surface area (Å²) in [6.45, 7) is 6.33. The second-order valence-corrected chi connectivity index (χ2v) is 6.98. The molecule has 3 N–H and O–H groups in total. The number of hydrogen-bond acceptors (Lipinski definition) is 6. The van der Waals surface area contributed by atoms with Gasteiger partial charge in [-0.1, -0.05) is 6.58 Å². The van der Waals surface area contributed by atoms with Crippen LogP contribution in [0, 0.1) is 11.6 Å². The Bertz CT molecular complexity index is 1140. The molecule has 0 spiro atoms. The lowest BCUT2D eigenvalue weighted by molar-refractivity contribution is -0.111. The molecular weight excluding hydrogens is 394 g/mol. The van der Waals surface area contributed by atoms with E-state index in [-0.39, 0.29) is 17.1 Å². The van der Waals surface area contributed by atoms with E-state index in [9.17, 15) is 18.7 Å². The van der Waals surface area contributed by atoms with Crippen LogP contribution >= 0.6 is 0 Å². The second kappa shape index (κ2) is 8.03. The Balaban J connectivity index is 2.16. The number of aromatic nitrogens is 2. The molecule has 0 fully saturated rings. The van der Waals surface area contributed by atoms with Crippen molar-refractivity contribution in [1.82, 2.24) is 9.97 Å². The molecule has 1 heterocycles. The van der Waals surface area contributed by atoms with E-state index in [1.807, 2.05) is 0 Å². The van der Waals surface area contributed by atoms with Crippen molar-refractivity contribution in [3.63, 3.8) is 0 Å². The van der Waals surface area contributed by atoms with E-state index < -0.39 is 23.1 Å². The predicted molar refractivity (Wildman–Crippen MR) is 110 cm³/mol. The molecule has 0 bridgehead atoms. The van der Waals surface area contributed by atoms with Gasteiger partial charge in [0.2, 0.25) is 5.91 Å². The molecular formula is C21H20F2N4O3. The molecule has 0 aliphatic rings. The monoisotopic (exact) mass is 414 g/mol. The highest BCUT2D eigenvalue weighted by atomic mass is 19.2. The smallest absolute Gasteiger partial charge is 0.247 e. The summed E-state index contributed by atoms with van der Waals surface area (Å²) in [6.07, 6.45) is 2.40. The van der Waals surface area contributed by atoms with E-state index in [0.29, 0.717) is 22.3 Å². The predicted octanol–water partition coefficient (Wildman–Crippen LogP) is 4.01. The zero-order chi connectivity index (χ0) is 22.1. The molecule has 9 heteroatoms. The first-order chi connectivity index (χ1) is 14.1. The van der Waals surface area contributed by atoms with Gasteiger partial charge in [-0.2, -0.15) is 0 Å². The first kappa shape index (κ1) is 21.1. The number of amides is 1. The maximum Gasteiger partial charge on any atom is 0.247 e. The Labute approximate surface area is 171 Å². The number of anilines is 3. The summed E-state index contributed by atoms with van der Waals surface area (Å²) in [5, 5.41) is 16.4. The summed E-state index contributed by atoms with van der Waals surface area (Å²) in [5.74, 6) is -1.97. The summed E-state index contributed by atoms with van der Waals surface area (Å²) in [6, 6.07) is 5.06. The number of nitrogens with one attached hydrogen (secondary N) is 2. The molecule has 0 radical (unpaired) electrons. The Hall–Kier alpha value is -3.59. The summed E-state index contributed by atoms with van der Waals surface area (Å²) in [4.78, 5) is 20.1. The van der Waals surface area contributed by atoms with Gasteiger partial charge >= 0.3 is 0 Å². The number of fused-ring (bicyclic) bond motifs is 1. The second-order valence-electron chi connectivity index (χ2n) is 6.98. The minimum absolute atomic E-state index is 0.133. The topological polar surface area (TPSA) is 96.4 Å². The third-order valence-electron chi connectivity index (χ3n) is 4.37. The van der Waals surface area contributed by atoms with Crippen molar-refractivity contribution in [3.05, 3.63) is 60.4 Å². The number of aliphatic hydroxyl groups is 1. The number of rotatable bonds is 6. The van der Waals surface area contributed by atoms with Crippen LogP contribution in [0.25, 0.3) is 10.9 Å². The molecule has 156 valence electrons. The van der Waals surface area contributed by atoms with Gasteiger partial charge in [0.1, 0.15) is 17.9 Å². The van der Waals surface area contributed by atoms with E-state index in [1.165, 1.54) is 27.3 Å². The van der Waals surface area contributed by atoms with Crippen LogP contribution in [0.5, 0.6) is 5.75 Å². The van der Waals surface area contributed by atoms with Crippen molar-refractivity contribution in [2.45, 2.75) is 19.4 Å². The molecule has 0 aliphatic carbocycles. The fraction of sp³-hybridized carbons (Fsp3) is 0.190. The molecule has 3 aromatic rings. The van der Waals surface area contributed by atoms with Crippen molar-refractivity contribution in [2.75, 3.05) is 17.7 Å². The lowest BCUT2D eigenvalue weighted by atomic mass is 9.96. The van der Waals surface area contributed by atoms with E-state index >= 15 is 0 Å². The van der Waals surface area contributed by atoms with E-state index in [4.69, 9.17) is 4.74 Å². The number of benzene rings is 2. The van der Waals surface area contributed by atoms with Crippen molar-refractivity contribution in [3.8, 4) is 5.75 Å². The number of halogens is 2. The maximum atomic E-state index is 13.9. The van der Waals surface area contributed by atoms with Crippen LogP contribution in [0.2, 0.25) is 0 Å². The fourth-order valence-corrected chi connectivity index (χ4v) is 2.92. The lowest BCUT2D eigenvalue weighted by Gasteiger charge is -2.23. The van der Waals surface area contributed by atoms with E-state index in [2.05, 4.69) is 27.2 Å². The van der Waals surface area contributed by atoms with Crippen molar-refractivity contribution < 1.29 is 23.4 Å². The summed E-state index contributed by atoms with van der Waals surface area (Å²) in [5.41, 5.74) is -0.351. The minimum Gasteiger partial charge on any atom is -0.494 e. The zero-order valence-corrected chi connectivity index (χ0v) is 16.6. The van der Waals surface area contributed by atoms with Crippen LogP contribution in [0.15, 0.2) is 43.2 Å². The number of ether oxygens (including phenoxy) is 1. The summed E-state index contributed by atoms with van der Waals surface area (Å²) < 4.78 is 33.0. The van der Waals surface area contributed by atoms with E-state index in [0.717, 1.165) is 18.2 Å². The van der Waals surface area contributed by atoms with Crippen molar-refractivity contribution in [2.24, 2.45) is 0 Å². The molecule has 0 saturated heterocycles. The minimum atomic E-state index is -1.45. The number of methoxy groups -OCH3 is 1. The van der Waals surface area contributed by atoms with Gasteiger partial charge in [-0.25, -0.2) is 18.7 Å². The molecule has 0 unspecified atom stereocenters. The average Bonchev–Trinajstić information content (AvgIpc) is 2.69. The quantitative estimate of drug-likeness (QED) is 0.528. The first-order valence-corrected chi connectivity index (χ1v) is 8.89. The Kier molecular flexibility index (Phi) is 5.66.